The minimum absolute atomic E-state index is 0.132. The van der Waals surface area contributed by atoms with E-state index in [-0.39, 0.29) is 5.78 Å². The Balaban J connectivity index is 2.15. The Morgan fingerprint density at radius 3 is 2.11 bits per heavy atom. The number of ketones is 1. The highest BCUT2D eigenvalue weighted by molar-refractivity contribution is 5.97. The van der Waals surface area contributed by atoms with Crippen LogP contribution in [0.15, 0.2) is 42.5 Å². The van der Waals surface area contributed by atoms with Gasteiger partial charge in [0.15, 0.2) is 5.78 Å². The van der Waals surface area contributed by atoms with Gasteiger partial charge in [-0.1, -0.05) is 29.3 Å². The van der Waals surface area contributed by atoms with Gasteiger partial charge in [-0.05, 0) is 43.7 Å². The fourth-order valence-electron chi connectivity index (χ4n) is 2.24. The minimum Gasteiger partial charge on any atom is -0.497 e. The molecule has 0 atom stereocenters. The number of methoxy groups -OCH3 is 1. The lowest BCUT2D eigenvalue weighted by molar-refractivity contribution is 0.0993. The van der Waals surface area contributed by atoms with Crippen molar-refractivity contribution in [3.8, 4) is 5.75 Å². The summed E-state index contributed by atoms with van der Waals surface area (Å²) in [5.74, 6) is 0.899. The standard InChI is InChI=1S/C17H18O2/c1-12-8-13(2)10-14(9-12)11-17(18)15-4-6-16(19-3)7-5-15/h4-10H,11H2,1-3H3. The van der Waals surface area contributed by atoms with Gasteiger partial charge in [0.2, 0.25) is 0 Å². The SMILES string of the molecule is COc1ccc(C(=O)Cc2cc(C)cc(C)c2)cc1. The maximum Gasteiger partial charge on any atom is 0.167 e. The molecule has 0 spiro atoms. The molecule has 0 aliphatic rings. The molecule has 0 bridgehead atoms. The first-order chi connectivity index (χ1) is 9.08. The average molecular weight is 254 g/mol. The van der Waals surface area contributed by atoms with E-state index in [9.17, 15) is 4.79 Å². The third kappa shape index (κ3) is 3.44. The van der Waals surface area contributed by atoms with Crippen molar-refractivity contribution in [2.45, 2.75) is 20.3 Å². The monoisotopic (exact) mass is 254 g/mol. The van der Waals surface area contributed by atoms with E-state index in [1.54, 1.807) is 7.11 Å². The Hall–Kier alpha value is -2.09. The lowest BCUT2D eigenvalue weighted by Crippen LogP contribution is -2.04. The van der Waals surface area contributed by atoms with Crippen molar-refractivity contribution in [2.75, 3.05) is 7.11 Å². The van der Waals surface area contributed by atoms with Gasteiger partial charge in [0.1, 0.15) is 5.75 Å². The Kier molecular flexibility index (Phi) is 4.00. The van der Waals surface area contributed by atoms with Crippen LogP contribution in [0.25, 0.3) is 0 Å². The van der Waals surface area contributed by atoms with Crippen molar-refractivity contribution in [3.05, 3.63) is 64.7 Å². The molecule has 0 saturated heterocycles. The Bertz CT molecular complexity index is 562. The molecule has 2 aromatic carbocycles. The van der Waals surface area contributed by atoms with Crippen LogP contribution in [-0.4, -0.2) is 12.9 Å². The maximum absolute atomic E-state index is 12.2. The van der Waals surface area contributed by atoms with Crippen molar-refractivity contribution in [1.29, 1.82) is 0 Å². The van der Waals surface area contributed by atoms with Crippen LogP contribution in [0.3, 0.4) is 0 Å². The smallest absolute Gasteiger partial charge is 0.167 e. The molecule has 0 aromatic heterocycles. The number of hydrogen-bond donors (Lipinski definition) is 0. The number of carbonyl (C=O) groups is 1. The van der Waals surface area contributed by atoms with Crippen LogP contribution >= 0.6 is 0 Å². The van der Waals surface area contributed by atoms with E-state index in [4.69, 9.17) is 4.74 Å². The van der Waals surface area contributed by atoms with E-state index in [0.717, 1.165) is 16.9 Å². The quantitative estimate of drug-likeness (QED) is 0.777. The summed E-state index contributed by atoms with van der Waals surface area (Å²) in [6.07, 6.45) is 0.439. The van der Waals surface area contributed by atoms with E-state index in [1.807, 2.05) is 38.1 Å². The highest BCUT2D eigenvalue weighted by atomic mass is 16.5. The molecule has 2 rings (SSSR count). The first-order valence-electron chi connectivity index (χ1n) is 6.33. The van der Waals surface area contributed by atoms with Crippen LogP contribution in [0.4, 0.5) is 0 Å². The van der Waals surface area contributed by atoms with Crippen LogP contribution in [0.2, 0.25) is 0 Å². The summed E-state index contributed by atoms with van der Waals surface area (Å²) in [5.41, 5.74) is 4.17. The van der Waals surface area contributed by atoms with Gasteiger partial charge in [-0.3, -0.25) is 4.79 Å². The number of hydrogen-bond acceptors (Lipinski definition) is 2. The van der Waals surface area contributed by atoms with Gasteiger partial charge in [-0.25, -0.2) is 0 Å². The fraction of sp³-hybridized carbons (Fsp3) is 0.235. The van der Waals surface area contributed by atoms with Gasteiger partial charge in [0.25, 0.3) is 0 Å². The maximum atomic E-state index is 12.2. The van der Waals surface area contributed by atoms with Crippen molar-refractivity contribution < 1.29 is 9.53 Å². The molecule has 98 valence electrons. The molecule has 2 heteroatoms. The van der Waals surface area contributed by atoms with Gasteiger partial charge in [-0.15, -0.1) is 0 Å². The molecule has 2 aromatic rings. The van der Waals surface area contributed by atoms with Crippen LogP contribution < -0.4 is 4.74 Å². The molecule has 0 saturated carbocycles. The molecule has 0 unspecified atom stereocenters. The number of rotatable bonds is 4. The van der Waals surface area contributed by atoms with Crippen molar-refractivity contribution >= 4 is 5.78 Å². The largest absolute Gasteiger partial charge is 0.497 e. The molecular formula is C17H18O2. The van der Waals surface area contributed by atoms with Gasteiger partial charge < -0.3 is 4.74 Å². The molecule has 0 heterocycles. The third-order valence-electron chi connectivity index (χ3n) is 3.06. The minimum atomic E-state index is 0.132. The van der Waals surface area contributed by atoms with E-state index < -0.39 is 0 Å². The fourth-order valence-corrected chi connectivity index (χ4v) is 2.24. The number of carbonyl (C=O) groups excluding carboxylic acids is 1. The zero-order chi connectivity index (χ0) is 13.8. The second kappa shape index (κ2) is 5.70. The van der Waals surface area contributed by atoms with Crippen LogP contribution in [-0.2, 0) is 6.42 Å². The highest BCUT2D eigenvalue weighted by Crippen LogP contribution is 2.15. The first-order valence-corrected chi connectivity index (χ1v) is 6.33. The molecule has 19 heavy (non-hydrogen) atoms. The van der Waals surface area contributed by atoms with E-state index in [2.05, 4.69) is 18.2 Å². The molecule has 0 fully saturated rings. The second-order valence-corrected chi connectivity index (χ2v) is 4.82. The Labute approximate surface area is 114 Å². The van der Waals surface area contributed by atoms with Gasteiger partial charge in [0, 0.05) is 12.0 Å². The predicted molar refractivity (Wildman–Crippen MR) is 76.9 cm³/mol. The summed E-state index contributed by atoms with van der Waals surface area (Å²) < 4.78 is 5.09. The van der Waals surface area contributed by atoms with Crippen LogP contribution in [0, 0.1) is 13.8 Å². The van der Waals surface area contributed by atoms with E-state index in [0.29, 0.717) is 6.42 Å². The molecule has 2 nitrogen and oxygen atoms in total. The Morgan fingerprint density at radius 1 is 1.00 bits per heavy atom. The molecule has 0 aliphatic carbocycles. The molecule has 0 aliphatic heterocycles. The van der Waals surface area contributed by atoms with E-state index >= 15 is 0 Å². The zero-order valence-corrected chi connectivity index (χ0v) is 11.6. The van der Waals surface area contributed by atoms with Gasteiger partial charge in [0.05, 0.1) is 7.11 Å². The predicted octanol–water partition coefficient (Wildman–Crippen LogP) is 3.74. The average Bonchev–Trinajstić information content (AvgIpc) is 2.37. The second-order valence-electron chi connectivity index (χ2n) is 4.82. The number of ether oxygens (including phenoxy) is 1. The van der Waals surface area contributed by atoms with E-state index in [1.165, 1.54) is 11.1 Å². The third-order valence-corrected chi connectivity index (χ3v) is 3.06. The topological polar surface area (TPSA) is 26.3 Å². The first kappa shape index (κ1) is 13.3. The highest BCUT2D eigenvalue weighted by Gasteiger charge is 2.08. The molecule has 0 radical (unpaired) electrons. The lowest BCUT2D eigenvalue weighted by Gasteiger charge is -2.05. The van der Waals surface area contributed by atoms with Gasteiger partial charge >= 0.3 is 0 Å². The number of aryl methyl sites for hydroxylation is 2. The summed E-state index contributed by atoms with van der Waals surface area (Å²) in [4.78, 5) is 12.2. The van der Waals surface area contributed by atoms with Crippen LogP contribution in [0.5, 0.6) is 5.75 Å². The molecular weight excluding hydrogens is 236 g/mol. The summed E-state index contributed by atoms with van der Waals surface area (Å²) in [6, 6.07) is 13.5. The summed E-state index contributed by atoms with van der Waals surface area (Å²) >= 11 is 0. The summed E-state index contributed by atoms with van der Waals surface area (Å²) in [5, 5.41) is 0. The number of benzene rings is 2. The summed E-state index contributed by atoms with van der Waals surface area (Å²) in [7, 11) is 1.62. The Morgan fingerprint density at radius 2 is 1.58 bits per heavy atom. The lowest BCUT2D eigenvalue weighted by atomic mass is 10.00. The normalized spacial score (nSPS) is 10.3. The van der Waals surface area contributed by atoms with Gasteiger partial charge in [-0.2, -0.15) is 0 Å². The summed E-state index contributed by atoms with van der Waals surface area (Å²) in [6.45, 7) is 4.10. The number of Topliss-reactive ketones (excluding diaryl/α,β-unsaturated/α-hetero) is 1. The van der Waals surface area contributed by atoms with Crippen molar-refractivity contribution in [1.82, 2.24) is 0 Å². The van der Waals surface area contributed by atoms with Crippen LogP contribution in [0.1, 0.15) is 27.0 Å². The molecule has 0 amide bonds. The van der Waals surface area contributed by atoms with Crippen molar-refractivity contribution in [2.24, 2.45) is 0 Å². The molecule has 0 N–H and O–H groups in total. The zero-order valence-electron chi connectivity index (χ0n) is 11.6. The van der Waals surface area contributed by atoms with Crippen molar-refractivity contribution in [3.63, 3.8) is 0 Å².